The Balaban J connectivity index is 2.50. The highest BCUT2D eigenvalue weighted by Gasteiger charge is 1.96. The van der Waals surface area contributed by atoms with E-state index in [-0.39, 0.29) is 10.9 Å². The van der Waals surface area contributed by atoms with Gasteiger partial charge in [-0.15, -0.1) is 0 Å². The largest absolute Gasteiger partial charge is 0.445 e. The minimum Gasteiger partial charge on any atom is -0.445 e. The van der Waals surface area contributed by atoms with Crippen LogP contribution >= 0.6 is 11.8 Å². The normalized spacial score (nSPS) is 8.93. The predicted molar refractivity (Wildman–Crippen MR) is 54.1 cm³/mol. The summed E-state index contributed by atoms with van der Waals surface area (Å²) in [6, 6.07) is 3.17. The van der Waals surface area contributed by atoms with Gasteiger partial charge in [0.1, 0.15) is 0 Å². The van der Waals surface area contributed by atoms with E-state index in [2.05, 4.69) is 11.8 Å². The molecular formula is C10H8O3S. The minimum absolute atomic E-state index is 0.0346. The van der Waals surface area contributed by atoms with Crippen molar-refractivity contribution in [3.8, 4) is 11.8 Å². The summed E-state index contributed by atoms with van der Waals surface area (Å²) in [7, 11) is 0. The molecule has 1 aromatic rings. The van der Waals surface area contributed by atoms with Crippen LogP contribution in [0, 0.1) is 11.8 Å². The van der Waals surface area contributed by atoms with Gasteiger partial charge < -0.3 is 4.42 Å². The summed E-state index contributed by atoms with van der Waals surface area (Å²) in [5.74, 6) is 6.59. The van der Waals surface area contributed by atoms with Gasteiger partial charge in [0.05, 0.1) is 5.75 Å². The molecule has 0 amide bonds. The van der Waals surface area contributed by atoms with E-state index in [1.807, 2.05) is 0 Å². The summed E-state index contributed by atoms with van der Waals surface area (Å²) in [4.78, 5) is 20.8. The zero-order chi connectivity index (χ0) is 10.4. The Morgan fingerprint density at radius 1 is 1.64 bits per heavy atom. The van der Waals surface area contributed by atoms with Gasteiger partial charge in [0, 0.05) is 6.92 Å². The molecule has 0 atom stereocenters. The summed E-state index contributed by atoms with van der Waals surface area (Å²) >= 11 is 1.14. The van der Waals surface area contributed by atoms with Gasteiger partial charge in [-0.05, 0) is 18.1 Å². The molecule has 0 unspecified atom stereocenters. The number of aldehydes is 1. The lowest BCUT2D eigenvalue weighted by atomic mass is 10.4. The Hall–Kier alpha value is -1.47. The van der Waals surface area contributed by atoms with E-state index in [1.165, 1.54) is 6.92 Å². The van der Waals surface area contributed by atoms with E-state index in [9.17, 15) is 9.59 Å². The first-order valence-corrected chi connectivity index (χ1v) is 4.88. The van der Waals surface area contributed by atoms with Gasteiger partial charge in [0.25, 0.3) is 0 Å². The second-order valence-electron chi connectivity index (χ2n) is 2.40. The number of hydrogen-bond acceptors (Lipinski definition) is 4. The number of thioether (sulfide) groups is 1. The third-order valence-corrected chi connectivity index (χ3v) is 2.00. The molecule has 4 heteroatoms. The van der Waals surface area contributed by atoms with Crippen LogP contribution in [-0.2, 0) is 4.79 Å². The van der Waals surface area contributed by atoms with Gasteiger partial charge in [0.2, 0.25) is 0 Å². The second-order valence-corrected chi connectivity index (χ2v) is 3.55. The number of rotatable bonds is 2. The van der Waals surface area contributed by atoms with Crippen LogP contribution in [0.25, 0.3) is 0 Å². The zero-order valence-corrected chi connectivity index (χ0v) is 8.39. The molecule has 0 bridgehead atoms. The summed E-state index contributed by atoms with van der Waals surface area (Å²) in [5.41, 5.74) is 0. The van der Waals surface area contributed by atoms with Gasteiger partial charge in [-0.2, -0.15) is 0 Å². The standard InChI is InChI=1S/C10H8O3S/c1-8(12)14-6-2-3-9-4-5-10(7-11)13-9/h4-5,7H,6H2,1H3. The highest BCUT2D eigenvalue weighted by atomic mass is 32.2. The molecule has 0 aliphatic heterocycles. The summed E-state index contributed by atoms with van der Waals surface area (Å²) < 4.78 is 5.00. The average molecular weight is 208 g/mol. The van der Waals surface area contributed by atoms with Crippen LogP contribution in [-0.4, -0.2) is 17.2 Å². The van der Waals surface area contributed by atoms with Crippen LogP contribution in [0.3, 0.4) is 0 Å². The van der Waals surface area contributed by atoms with Crippen molar-refractivity contribution in [3.63, 3.8) is 0 Å². The second kappa shape index (κ2) is 5.30. The molecule has 0 fully saturated rings. The molecule has 0 aliphatic rings. The molecule has 0 saturated heterocycles. The fraction of sp³-hybridized carbons (Fsp3) is 0.200. The SMILES string of the molecule is CC(=O)SCC#Cc1ccc(C=O)o1. The average Bonchev–Trinajstić information content (AvgIpc) is 2.60. The molecule has 1 aromatic heterocycles. The molecule has 0 aliphatic carbocycles. The fourth-order valence-electron chi connectivity index (χ4n) is 0.744. The van der Waals surface area contributed by atoms with Gasteiger partial charge in [-0.3, -0.25) is 9.59 Å². The maximum atomic E-state index is 10.5. The molecule has 0 spiro atoms. The molecular weight excluding hydrogens is 200 g/mol. The first-order chi connectivity index (χ1) is 6.72. The fourth-order valence-corrected chi connectivity index (χ4v) is 1.09. The lowest BCUT2D eigenvalue weighted by molar-refractivity contribution is -0.109. The van der Waals surface area contributed by atoms with E-state index >= 15 is 0 Å². The highest BCUT2D eigenvalue weighted by Crippen LogP contribution is 2.04. The number of hydrogen-bond donors (Lipinski definition) is 0. The Morgan fingerprint density at radius 2 is 2.43 bits per heavy atom. The van der Waals surface area contributed by atoms with Gasteiger partial charge in [-0.1, -0.05) is 17.7 Å². The minimum atomic E-state index is 0.0346. The molecule has 0 saturated carbocycles. The van der Waals surface area contributed by atoms with Gasteiger partial charge in [0.15, 0.2) is 22.9 Å². The molecule has 0 aromatic carbocycles. The van der Waals surface area contributed by atoms with E-state index in [4.69, 9.17) is 4.42 Å². The molecule has 1 rings (SSSR count). The van der Waals surface area contributed by atoms with Crippen LogP contribution in [0.4, 0.5) is 0 Å². The molecule has 0 radical (unpaired) electrons. The van der Waals surface area contributed by atoms with E-state index in [0.29, 0.717) is 17.8 Å². The van der Waals surface area contributed by atoms with Crippen LogP contribution in [0.15, 0.2) is 16.5 Å². The van der Waals surface area contributed by atoms with Crippen molar-refractivity contribution < 1.29 is 14.0 Å². The van der Waals surface area contributed by atoms with Crippen LogP contribution < -0.4 is 0 Å². The number of carbonyl (C=O) groups is 2. The molecule has 1 heterocycles. The summed E-state index contributed by atoms with van der Waals surface area (Å²) in [6.07, 6.45) is 0.621. The smallest absolute Gasteiger partial charge is 0.186 e. The van der Waals surface area contributed by atoms with Crippen molar-refractivity contribution in [2.24, 2.45) is 0 Å². The van der Waals surface area contributed by atoms with Crippen molar-refractivity contribution >= 4 is 23.2 Å². The first-order valence-electron chi connectivity index (χ1n) is 3.89. The quantitative estimate of drug-likeness (QED) is 0.548. The number of carbonyl (C=O) groups excluding carboxylic acids is 2. The van der Waals surface area contributed by atoms with Crippen molar-refractivity contribution in [2.45, 2.75) is 6.92 Å². The summed E-state index contributed by atoms with van der Waals surface area (Å²) in [5, 5.41) is 0.0346. The van der Waals surface area contributed by atoms with Gasteiger partial charge in [-0.25, -0.2) is 0 Å². The van der Waals surface area contributed by atoms with Crippen LogP contribution in [0.1, 0.15) is 23.2 Å². The lowest BCUT2D eigenvalue weighted by Crippen LogP contribution is -1.81. The van der Waals surface area contributed by atoms with Gasteiger partial charge >= 0.3 is 0 Å². The molecule has 72 valence electrons. The Bertz CT molecular complexity index is 395. The Morgan fingerprint density at radius 3 is 3.00 bits per heavy atom. The maximum Gasteiger partial charge on any atom is 0.186 e. The van der Waals surface area contributed by atoms with E-state index < -0.39 is 0 Å². The molecule has 3 nitrogen and oxygen atoms in total. The van der Waals surface area contributed by atoms with E-state index in [1.54, 1.807) is 12.1 Å². The van der Waals surface area contributed by atoms with Crippen molar-refractivity contribution in [1.29, 1.82) is 0 Å². The first kappa shape index (κ1) is 10.6. The van der Waals surface area contributed by atoms with Crippen LogP contribution in [0.2, 0.25) is 0 Å². The van der Waals surface area contributed by atoms with Crippen molar-refractivity contribution in [2.75, 3.05) is 5.75 Å². The molecule has 14 heavy (non-hydrogen) atoms. The molecule has 0 N–H and O–H groups in total. The van der Waals surface area contributed by atoms with Crippen LogP contribution in [0.5, 0.6) is 0 Å². The monoisotopic (exact) mass is 208 g/mol. The number of furan rings is 1. The Labute approximate surface area is 85.9 Å². The Kier molecular flexibility index (Phi) is 4.02. The highest BCUT2D eigenvalue weighted by molar-refractivity contribution is 8.13. The topological polar surface area (TPSA) is 47.3 Å². The van der Waals surface area contributed by atoms with Crippen molar-refractivity contribution in [3.05, 3.63) is 23.7 Å². The van der Waals surface area contributed by atoms with E-state index in [0.717, 1.165) is 11.8 Å². The predicted octanol–water partition coefficient (Wildman–Crippen LogP) is 1.72. The summed E-state index contributed by atoms with van der Waals surface area (Å²) in [6.45, 7) is 1.49. The third kappa shape index (κ3) is 3.50. The van der Waals surface area contributed by atoms with Crippen molar-refractivity contribution in [1.82, 2.24) is 0 Å². The lowest BCUT2D eigenvalue weighted by Gasteiger charge is -1.83. The maximum absolute atomic E-state index is 10.5. The zero-order valence-electron chi connectivity index (χ0n) is 7.57. The third-order valence-electron chi connectivity index (χ3n) is 1.30.